The van der Waals surface area contributed by atoms with Gasteiger partial charge in [-0.1, -0.05) is 24.3 Å². The van der Waals surface area contributed by atoms with Gasteiger partial charge >= 0.3 is 5.97 Å². The van der Waals surface area contributed by atoms with E-state index in [0.717, 1.165) is 54.2 Å². The van der Waals surface area contributed by atoms with Gasteiger partial charge in [0.25, 0.3) is 0 Å². The fraction of sp³-hybridized carbons (Fsp3) is 0.609. The summed E-state index contributed by atoms with van der Waals surface area (Å²) in [5.74, 6) is -0.142. The number of aromatic nitrogens is 2. The summed E-state index contributed by atoms with van der Waals surface area (Å²) in [5.41, 5.74) is 7.46. The van der Waals surface area contributed by atoms with E-state index in [-0.39, 0.29) is 12.0 Å². The van der Waals surface area contributed by atoms with E-state index in [0.29, 0.717) is 6.42 Å². The van der Waals surface area contributed by atoms with Crippen LogP contribution < -0.4 is 16.4 Å². The Morgan fingerprint density at radius 3 is 2.39 bits per heavy atom. The Balaban J connectivity index is 2.92. The van der Waals surface area contributed by atoms with Gasteiger partial charge in [0.2, 0.25) is 0 Å². The second kappa shape index (κ2) is 11.7. The molecule has 0 aliphatic heterocycles. The van der Waals surface area contributed by atoms with E-state index in [2.05, 4.69) is 12.2 Å². The number of hydrogen-bond acceptors (Lipinski definition) is 5. The molecule has 0 fully saturated rings. The van der Waals surface area contributed by atoms with Gasteiger partial charge < -0.3 is 10.5 Å². The highest BCUT2D eigenvalue weighted by Crippen LogP contribution is 2.12. The number of esters is 1. The largest absolute Gasteiger partial charge is 0.460 e. The Hall–Kier alpha value is -2.01. The molecule has 28 heavy (non-hydrogen) atoms. The fourth-order valence-electron chi connectivity index (χ4n) is 2.74. The lowest BCUT2D eigenvalue weighted by atomic mass is 10.1. The summed E-state index contributed by atoms with van der Waals surface area (Å²) in [4.78, 5) is 21.6. The number of nitrogens with two attached hydrogens (primary N) is 1. The number of carbonyl (C=O) groups excluding carboxylic acids is 1. The molecule has 2 N–H and O–H groups in total. The zero-order valence-electron chi connectivity index (χ0n) is 18.4. The van der Waals surface area contributed by atoms with Crippen molar-refractivity contribution in [2.75, 3.05) is 0 Å². The van der Waals surface area contributed by atoms with E-state index in [1.807, 2.05) is 53.7 Å². The Kier molecular flexibility index (Phi) is 10.1. The molecular formula is C23H37N3O2. The SMILES string of the molecule is C/C=C\Cc1nc(=C/CC(C)N)/c(=C\C)nc1CCCCC(=O)OC(C)(C)C. The van der Waals surface area contributed by atoms with Crippen LogP contribution >= 0.6 is 0 Å². The van der Waals surface area contributed by atoms with E-state index in [1.165, 1.54) is 0 Å². The lowest BCUT2D eigenvalue weighted by Crippen LogP contribution is -2.34. The van der Waals surface area contributed by atoms with Gasteiger partial charge in [-0.25, -0.2) is 9.97 Å². The van der Waals surface area contributed by atoms with Gasteiger partial charge in [0, 0.05) is 18.9 Å². The molecule has 1 atom stereocenters. The predicted octanol–water partition coefficient (Wildman–Crippen LogP) is 2.97. The normalized spacial score (nSPS) is 14.7. The lowest BCUT2D eigenvalue weighted by Gasteiger charge is -2.19. The van der Waals surface area contributed by atoms with Crippen LogP contribution in [0.4, 0.5) is 0 Å². The molecule has 1 heterocycles. The molecule has 0 amide bonds. The second-order valence-corrected chi connectivity index (χ2v) is 8.16. The highest BCUT2D eigenvalue weighted by molar-refractivity contribution is 5.69. The van der Waals surface area contributed by atoms with Crippen molar-refractivity contribution < 1.29 is 9.53 Å². The second-order valence-electron chi connectivity index (χ2n) is 8.16. The van der Waals surface area contributed by atoms with Crippen LogP contribution in [0.2, 0.25) is 0 Å². The van der Waals surface area contributed by atoms with Crippen LogP contribution in [0.1, 0.15) is 78.6 Å². The van der Waals surface area contributed by atoms with Crippen molar-refractivity contribution in [2.24, 2.45) is 5.73 Å². The maximum atomic E-state index is 11.9. The van der Waals surface area contributed by atoms with Gasteiger partial charge in [0.1, 0.15) is 5.60 Å². The molecular weight excluding hydrogens is 350 g/mol. The third-order valence-electron chi connectivity index (χ3n) is 4.07. The first-order chi connectivity index (χ1) is 13.2. The van der Waals surface area contributed by atoms with Crippen LogP contribution in [0, 0.1) is 0 Å². The minimum absolute atomic E-state index is 0.0954. The molecule has 0 radical (unpaired) electrons. The number of nitrogens with zero attached hydrogens (tertiary/aromatic N) is 2. The lowest BCUT2D eigenvalue weighted by molar-refractivity contribution is -0.154. The van der Waals surface area contributed by atoms with E-state index < -0.39 is 5.60 Å². The summed E-state index contributed by atoms with van der Waals surface area (Å²) >= 11 is 0. The Bertz CT molecular complexity index is 774. The van der Waals surface area contributed by atoms with Crippen molar-refractivity contribution in [1.29, 1.82) is 0 Å². The van der Waals surface area contributed by atoms with Gasteiger partial charge in [-0.05, 0) is 67.2 Å². The number of rotatable bonds is 9. The Morgan fingerprint density at radius 1 is 1.14 bits per heavy atom. The molecule has 5 heteroatoms. The average molecular weight is 388 g/mol. The van der Waals surface area contributed by atoms with E-state index in [1.54, 1.807) is 0 Å². The van der Waals surface area contributed by atoms with E-state index in [9.17, 15) is 4.79 Å². The number of hydrogen-bond donors (Lipinski definition) is 1. The molecule has 156 valence electrons. The summed E-state index contributed by atoms with van der Waals surface area (Å²) in [6.07, 6.45) is 12.6. The van der Waals surface area contributed by atoms with Crippen molar-refractivity contribution in [3.8, 4) is 0 Å². The molecule has 1 unspecified atom stereocenters. The van der Waals surface area contributed by atoms with Gasteiger partial charge in [0.05, 0.1) is 22.1 Å². The van der Waals surface area contributed by atoms with Crippen LogP contribution in [0.25, 0.3) is 12.2 Å². The highest BCUT2D eigenvalue weighted by atomic mass is 16.6. The smallest absolute Gasteiger partial charge is 0.306 e. The topological polar surface area (TPSA) is 78.1 Å². The van der Waals surface area contributed by atoms with E-state index in [4.69, 9.17) is 20.4 Å². The molecule has 5 nitrogen and oxygen atoms in total. The van der Waals surface area contributed by atoms with Crippen molar-refractivity contribution in [1.82, 2.24) is 9.97 Å². The van der Waals surface area contributed by atoms with Gasteiger partial charge in [-0.3, -0.25) is 4.79 Å². The third-order valence-corrected chi connectivity index (χ3v) is 4.07. The van der Waals surface area contributed by atoms with Crippen molar-refractivity contribution in [3.63, 3.8) is 0 Å². The zero-order valence-corrected chi connectivity index (χ0v) is 18.4. The Labute approximate surface area is 169 Å². The molecule has 0 aliphatic carbocycles. The molecule has 0 spiro atoms. The maximum Gasteiger partial charge on any atom is 0.306 e. The van der Waals surface area contributed by atoms with Crippen molar-refractivity contribution in [3.05, 3.63) is 34.2 Å². The molecule has 0 aliphatic rings. The molecule has 1 rings (SSSR count). The zero-order chi connectivity index (χ0) is 21.2. The first kappa shape index (κ1) is 24.0. The van der Waals surface area contributed by atoms with Gasteiger partial charge in [0.15, 0.2) is 0 Å². The number of ether oxygens (including phenoxy) is 1. The summed E-state index contributed by atoms with van der Waals surface area (Å²) in [5, 5.41) is 1.80. The number of allylic oxidation sites excluding steroid dienone is 2. The minimum atomic E-state index is -0.429. The van der Waals surface area contributed by atoms with Gasteiger partial charge in [-0.2, -0.15) is 0 Å². The van der Waals surface area contributed by atoms with Gasteiger partial charge in [-0.15, -0.1) is 0 Å². The standard InChI is InChI=1S/C23H37N3O2/c1-7-9-12-19-20(13-10-11-14-22(27)28-23(4,5)6)25-18(8-2)21(26-19)16-15-17(3)24/h7-9,16-17H,10-15,24H2,1-6H3/b9-7-,18-8+,21-16+. The summed E-state index contributed by atoms with van der Waals surface area (Å²) < 4.78 is 5.37. The molecule has 0 saturated heterocycles. The van der Waals surface area contributed by atoms with E-state index >= 15 is 0 Å². The highest BCUT2D eigenvalue weighted by Gasteiger charge is 2.15. The van der Waals surface area contributed by atoms with Crippen molar-refractivity contribution in [2.45, 2.75) is 91.7 Å². The first-order valence-corrected chi connectivity index (χ1v) is 10.3. The molecule has 1 aromatic rings. The fourth-order valence-corrected chi connectivity index (χ4v) is 2.74. The summed E-state index contributed by atoms with van der Waals surface area (Å²) in [6, 6.07) is 0.0954. The van der Waals surface area contributed by atoms with Crippen LogP contribution in [-0.2, 0) is 22.4 Å². The van der Waals surface area contributed by atoms with Crippen molar-refractivity contribution >= 4 is 18.1 Å². The third kappa shape index (κ3) is 9.27. The van der Waals surface area contributed by atoms with Crippen LogP contribution in [0.15, 0.2) is 12.2 Å². The molecule has 0 saturated carbocycles. The average Bonchev–Trinajstić information content (AvgIpc) is 2.60. The molecule has 0 aromatic carbocycles. The predicted molar refractivity (Wildman–Crippen MR) is 116 cm³/mol. The Morgan fingerprint density at radius 2 is 1.82 bits per heavy atom. The van der Waals surface area contributed by atoms with Crippen LogP contribution in [0.5, 0.6) is 0 Å². The summed E-state index contributed by atoms with van der Waals surface area (Å²) in [7, 11) is 0. The minimum Gasteiger partial charge on any atom is -0.460 e. The maximum absolute atomic E-state index is 11.9. The number of carbonyl (C=O) groups is 1. The van der Waals surface area contributed by atoms with Crippen LogP contribution in [-0.4, -0.2) is 27.6 Å². The first-order valence-electron chi connectivity index (χ1n) is 10.3. The monoisotopic (exact) mass is 387 g/mol. The molecule has 1 aromatic heterocycles. The number of aryl methyl sites for hydroxylation is 1. The molecule has 0 bridgehead atoms. The quantitative estimate of drug-likeness (QED) is 0.400. The number of unbranched alkanes of at least 4 members (excludes halogenated alkanes) is 1. The summed E-state index contributed by atoms with van der Waals surface area (Å²) in [6.45, 7) is 11.6. The van der Waals surface area contributed by atoms with Crippen LogP contribution in [0.3, 0.4) is 0 Å².